The van der Waals surface area contributed by atoms with Gasteiger partial charge in [0, 0.05) is 10.6 Å². The highest BCUT2D eigenvalue weighted by Gasteiger charge is 2.29. The molecule has 25 heavy (non-hydrogen) atoms. The van der Waals surface area contributed by atoms with Gasteiger partial charge in [0.25, 0.3) is 0 Å². The molecule has 2 rings (SSSR count). The number of hydrogen-bond acceptors (Lipinski definition) is 4. The Morgan fingerprint density at radius 3 is 2.20 bits per heavy atom. The van der Waals surface area contributed by atoms with Crippen molar-refractivity contribution in [1.82, 2.24) is 0 Å². The molecule has 0 amide bonds. The van der Waals surface area contributed by atoms with Gasteiger partial charge in [-0.2, -0.15) is 0 Å². The number of nitroso groups, excluding NO2 is 1. The predicted molar refractivity (Wildman–Crippen MR) is 97.6 cm³/mol. The molecule has 0 radical (unpaired) electrons. The van der Waals surface area contributed by atoms with Crippen LogP contribution in [-0.2, 0) is 5.41 Å². The molecule has 0 saturated carbocycles. The summed E-state index contributed by atoms with van der Waals surface area (Å²) >= 11 is 5.89. The molecule has 0 aliphatic carbocycles. The molecule has 0 aliphatic heterocycles. The van der Waals surface area contributed by atoms with Crippen molar-refractivity contribution in [1.29, 1.82) is 0 Å². The minimum absolute atomic E-state index is 0.204. The minimum Gasteiger partial charge on any atom is -0.507 e. The van der Waals surface area contributed by atoms with Crippen LogP contribution in [0.4, 0.5) is 0 Å². The molecule has 0 fully saturated rings. The monoisotopic (exact) mass is 361 g/mol. The van der Waals surface area contributed by atoms with E-state index in [1.54, 1.807) is 37.3 Å². The number of carboxylic acid groups (broad SMARTS) is 1. The van der Waals surface area contributed by atoms with Crippen LogP contribution in [0, 0.1) is 11.8 Å². The number of halogens is 1. The number of carboxylic acids is 1. The second kappa shape index (κ2) is 6.84. The summed E-state index contributed by atoms with van der Waals surface area (Å²) in [5.74, 6) is -1.52. The highest BCUT2D eigenvalue weighted by Crippen LogP contribution is 2.40. The van der Waals surface area contributed by atoms with Gasteiger partial charge in [-0.15, -0.1) is 4.91 Å². The van der Waals surface area contributed by atoms with Gasteiger partial charge in [-0.05, 0) is 47.2 Å². The van der Waals surface area contributed by atoms with Gasteiger partial charge in [0.1, 0.15) is 17.4 Å². The van der Waals surface area contributed by atoms with E-state index in [1.807, 2.05) is 20.8 Å². The minimum atomic E-state index is -1.25. The number of benzene rings is 2. The molecule has 0 heterocycles. The fraction of sp³-hybridized carbons (Fsp3) is 0.316. The normalized spacial score (nSPS) is 12.7. The van der Waals surface area contributed by atoms with Gasteiger partial charge >= 0.3 is 5.97 Å². The molecular weight excluding hydrogens is 342 g/mol. The van der Waals surface area contributed by atoms with Crippen molar-refractivity contribution in [2.45, 2.75) is 39.2 Å². The Balaban J connectivity index is 2.78. The van der Waals surface area contributed by atoms with Gasteiger partial charge in [0.15, 0.2) is 0 Å². The SMILES string of the molecule is Cc1c(C(N=O)c2ccc(Cl)cc2)cc(C(C)(C)C)c(O)c1C(=O)O. The summed E-state index contributed by atoms with van der Waals surface area (Å²) in [5.41, 5.74) is 1.11. The van der Waals surface area contributed by atoms with Crippen LogP contribution in [0.5, 0.6) is 5.75 Å². The van der Waals surface area contributed by atoms with Crippen LogP contribution in [0.25, 0.3) is 0 Å². The molecule has 6 heteroatoms. The Bertz CT molecular complexity index is 823. The average molecular weight is 362 g/mol. The van der Waals surface area contributed by atoms with E-state index < -0.39 is 17.4 Å². The summed E-state index contributed by atoms with van der Waals surface area (Å²) in [6, 6.07) is 7.42. The van der Waals surface area contributed by atoms with Crippen molar-refractivity contribution in [2.75, 3.05) is 0 Å². The van der Waals surface area contributed by atoms with E-state index in [9.17, 15) is 19.9 Å². The number of aromatic carboxylic acids is 1. The third-order valence-electron chi connectivity index (χ3n) is 4.21. The van der Waals surface area contributed by atoms with E-state index in [2.05, 4.69) is 5.18 Å². The Kier molecular flexibility index (Phi) is 5.18. The molecule has 0 bridgehead atoms. The zero-order chi connectivity index (χ0) is 18.9. The number of aromatic hydroxyl groups is 1. The molecule has 5 nitrogen and oxygen atoms in total. The molecule has 2 aromatic rings. The molecule has 2 N–H and O–H groups in total. The fourth-order valence-corrected chi connectivity index (χ4v) is 2.97. The third kappa shape index (κ3) is 3.66. The first kappa shape index (κ1) is 18.9. The molecule has 2 aromatic carbocycles. The van der Waals surface area contributed by atoms with Crippen LogP contribution in [0.3, 0.4) is 0 Å². The van der Waals surface area contributed by atoms with Crippen molar-refractivity contribution in [3.8, 4) is 5.75 Å². The van der Waals surface area contributed by atoms with Crippen LogP contribution in [0.2, 0.25) is 5.02 Å². The topological polar surface area (TPSA) is 87.0 Å². The van der Waals surface area contributed by atoms with Crippen LogP contribution in [0.15, 0.2) is 35.5 Å². The molecule has 132 valence electrons. The standard InChI is InChI=1S/C19H20ClNO4/c1-10-13(16(21-25)11-5-7-12(20)8-6-11)9-14(19(2,3)4)17(22)15(10)18(23)24/h5-9,16,22H,1-4H3,(H,23,24). The maximum Gasteiger partial charge on any atom is 0.339 e. The molecule has 0 aromatic heterocycles. The molecule has 0 aliphatic rings. The first-order valence-electron chi connectivity index (χ1n) is 7.76. The number of carbonyl (C=O) groups is 1. The highest BCUT2D eigenvalue weighted by atomic mass is 35.5. The lowest BCUT2D eigenvalue weighted by atomic mass is 9.80. The van der Waals surface area contributed by atoms with E-state index in [0.717, 1.165) is 0 Å². The second-order valence-electron chi connectivity index (χ2n) is 6.98. The Morgan fingerprint density at radius 1 is 1.20 bits per heavy atom. The van der Waals surface area contributed by atoms with E-state index in [0.29, 0.717) is 27.3 Å². The lowest BCUT2D eigenvalue weighted by Crippen LogP contribution is -2.16. The first-order valence-corrected chi connectivity index (χ1v) is 8.14. The Morgan fingerprint density at radius 2 is 1.76 bits per heavy atom. The molecular formula is C19H20ClNO4. The lowest BCUT2D eigenvalue weighted by Gasteiger charge is -2.25. The van der Waals surface area contributed by atoms with Gasteiger partial charge in [0.05, 0.1) is 0 Å². The van der Waals surface area contributed by atoms with E-state index in [4.69, 9.17) is 11.6 Å². The van der Waals surface area contributed by atoms with E-state index in [1.165, 1.54) is 0 Å². The summed E-state index contributed by atoms with van der Waals surface area (Å²) in [7, 11) is 0. The first-order chi connectivity index (χ1) is 11.6. The summed E-state index contributed by atoms with van der Waals surface area (Å²) in [6.45, 7) is 7.15. The maximum absolute atomic E-state index is 11.7. The molecule has 1 atom stereocenters. The van der Waals surface area contributed by atoms with Gasteiger partial charge in [-0.25, -0.2) is 4.79 Å². The van der Waals surface area contributed by atoms with Crippen LogP contribution >= 0.6 is 11.6 Å². The highest BCUT2D eigenvalue weighted by molar-refractivity contribution is 6.30. The van der Waals surface area contributed by atoms with Gasteiger partial charge in [0.2, 0.25) is 0 Å². The Labute approximate surface area is 151 Å². The summed E-state index contributed by atoms with van der Waals surface area (Å²) in [4.78, 5) is 23.3. The molecule has 0 spiro atoms. The van der Waals surface area contributed by atoms with Gasteiger partial charge in [-0.1, -0.05) is 49.7 Å². The van der Waals surface area contributed by atoms with Crippen LogP contribution < -0.4 is 0 Å². The summed E-state index contributed by atoms with van der Waals surface area (Å²) in [6.07, 6.45) is 0. The quantitative estimate of drug-likeness (QED) is 0.732. The van der Waals surface area contributed by atoms with Crippen molar-refractivity contribution < 1.29 is 15.0 Å². The van der Waals surface area contributed by atoms with Gasteiger partial charge in [-0.3, -0.25) is 0 Å². The van der Waals surface area contributed by atoms with Crippen LogP contribution in [-0.4, -0.2) is 16.2 Å². The number of phenols is 1. The zero-order valence-electron chi connectivity index (χ0n) is 14.5. The lowest BCUT2D eigenvalue weighted by molar-refractivity contribution is 0.0692. The zero-order valence-corrected chi connectivity index (χ0v) is 15.3. The fourth-order valence-electron chi connectivity index (χ4n) is 2.85. The van der Waals surface area contributed by atoms with Crippen molar-refractivity contribution >= 4 is 17.6 Å². The largest absolute Gasteiger partial charge is 0.507 e. The van der Waals surface area contributed by atoms with E-state index in [-0.39, 0.29) is 11.3 Å². The third-order valence-corrected chi connectivity index (χ3v) is 4.46. The summed E-state index contributed by atoms with van der Waals surface area (Å²) < 4.78 is 0. The van der Waals surface area contributed by atoms with Crippen LogP contribution in [0.1, 0.15) is 59.4 Å². The van der Waals surface area contributed by atoms with E-state index >= 15 is 0 Å². The Hall–Kier alpha value is -2.40. The van der Waals surface area contributed by atoms with Crippen molar-refractivity contribution in [2.24, 2.45) is 5.18 Å². The average Bonchev–Trinajstić information content (AvgIpc) is 2.50. The maximum atomic E-state index is 11.7. The summed E-state index contributed by atoms with van der Waals surface area (Å²) in [5, 5.41) is 23.7. The van der Waals surface area contributed by atoms with Gasteiger partial charge < -0.3 is 10.2 Å². The van der Waals surface area contributed by atoms with Crippen molar-refractivity contribution in [3.63, 3.8) is 0 Å². The molecule has 1 unspecified atom stereocenters. The predicted octanol–water partition coefficient (Wildman–Crippen LogP) is 5.21. The van der Waals surface area contributed by atoms with Crippen molar-refractivity contribution in [3.05, 3.63) is 68.1 Å². The number of hydrogen-bond donors (Lipinski definition) is 2. The smallest absolute Gasteiger partial charge is 0.339 e. The number of nitrogens with zero attached hydrogens (tertiary/aromatic N) is 1. The second-order valence-corrected chi connectivity index (χ2v) is 7.41. The molecule has 0 saturated heterocycles. The number of rotatable bonds is 4.